The molecule has 32 heavy (non-hydrogen) atoms. The largest absolute Gasteiger partial charge is 0.369 e. The minimum Gasteiger partial charge on any atom is -0.369 e. The van der Waals surface area contributed by atoms with Gasteiger partial charge < -0.3 is 4.90 Å². The molecule has 0 saturated carbocycles. The summed E-state index contributed by atoms with van der Waals surface area (Å²) < 4.78 is 1.64. The average Bonchev–Trinajstić information content (AvgIpc) is 3.15. The first-order valence-corrected chi connectivity index (χ1v) is 11.4. The van der Waals surface area contributed by atoms with Gasteiger partial charge >= 0.3 is 0 Å². The molecule has 7 nitrogen and oxygen atoms in total. The number of hydrogen-bond donors (Lipinski definition) is 0. The van der Waals surface area contributed by atoms with Crippen LogP contribution >= 0.6 is 23.2 Å². The van der Waals surface area contributed by atoms with Crippen LogP contribution in [0.4, 0.5) is 5.69 Å². The molecule has 1 aromatic carbocycles. The number of aryl methyl sites for hydroxylation is 2. The Bertz CT molecular complexity index is 1120. The molecule has 0 bridgehead atoms. The minimum absolute atomic E-state index is 0.0880. The van der Waals surface area contributed by atoms with Gasteiger partial charge in [-0.05, 0) is 45.0 Å². The highest BCUT2D eigenvalue weighted by molar-refractivity contribution is 6.42. The van der Waals surface area contributed by atoms with Crippen LogP contribution in [0.15, 0.2) is 30.5 Å². The smallest absolute Gasteiger partial charge is 0.251 e. The molecule has 1 saturated heterocycles. The molecular formula is C23H26Cl2N6O. The van der Waals surface area contributed by atoms with Crippen LogP contribution in [0.2, 0.25) is 10.0 Å². The van der Waals surface area contributed by atoms with E-state index < -0.39 is 0 Å². The first kappa shape index (κ1) is 22.7. The minimum atomic E-state index is 0.0880. The molecule has 4 rings (SSSR count). The lowest BCUT2D eigenvalue weighted by atomic mass is 10.1. The summed E-state index contributed by atoms with van der Waals surface area (Å²) in [7, 11) is 0. The average molecular weight is 473 g/mol. The van der Waals surface area contributed by atoms with Crippen LogP contribution in [-0.2, 0) is 0 Å². The number of ketones is 1. The van der Waals surface area contributed by atoms with E-state index in [0.29, 0.717) is 28.0 Å². The van der Waals surface area contributed by atoms with Crippen LogP contribution in [0.3, 0.4) is 0 Å². The summed E-state index contributed by atoms with van der Waals surface area (Å²) in [6, 6.07) is 7.64. The molecule has 1 aliphatic heterocycles. The van der Waals surface area contributed by atoms with Crippen molar-refractivity contribution in [2.75, 3.05) is 37.6 Å². The maximum Gasteiger partial charge on any atom is 0.251 e. The molecule has 3 aromatic rings. The predicted molar refractivity (Wildman–Crippen MR) is 127 cm³/mol. The zero-order valence-corrected chi connectivity index (χ0v) is 20.0. The number of carbonyl (C=O) groups is 1. The van der Waals surface area contributed by atoms with E-state index in [9.17, 15) is 4.79 Å². The van der Waals surface area contributed by atoms with Crippen LogP contribution in [0.5, 0.6) is 0 Å². The SMILES string of the molecule is Cc1cc(C)nc(-n2ncc(C(=O)CCN3CCN(c4ccc(Cl)c(Cl)c4)CC3)c2C)n1. The van der Waals surface area contributed by atoms with E-state index >= 15 is 0 Å². The van der Waals surface area contributed by atoms with Crippen LogP contribution in [0.1, 0.15) is 33.9 Å². The molecule has 2 aromatic heterocycles. The summed E-state index contributed by atoms with van der Waals surface area (Å²) in [4.78, 5) is 26.4. The standard InChI is InChI=1S/C23H26Cl2N6O/c1-15-12-16(2)28-23(27-15)31-17(3)19(14-26-31)22(32)6-7-29-8-10-30(11-9-29)18-4-5-20(24)21(25)13-18/h4-5,12-14H,6-11H2,1-3H3. The number of hydrogen-bond acceptors (Lipinski definition) is 6. The number of Topliss-reactive ketones (excluding diaryl/α,β-unsaturated/α-hetero) is 1. The van der Waals surface area contributed by atoms with Gasteiger partial charge in [0.15, 0.2) is 5.78 Å². The maximum absolute atomic E-state index is 12.9. The van der Waals surface area contributed by atoms with Gasteiger partial charge in [0.25, 0.3) is 5.95 Å². The van der Waals surface area contributed by atoms with Gasteiger partial charge in [-0.3, -0.25) is 9.69 Å². The molecule has 0 unspecified atom stereocenters. The van der Waals surface area contributed by atoms with Gasteiger partial charge in [-0.25, -0.2) is 14.6 Å². The van der Waals surface area contributed by atoms with Gasteiger partial charge in [0.2, 0.25) is 0 Å². The number of carbonyl (C=O) groups excluding carboxylic acids is 1. The number of aromatic nitrogens is 4. The lowest BCUT2D eigenvalue weighted by molar-refractivity contribution is 0.0962. The number of halogens is 2. The van der Waals surface area contributed by atoms with Gasteiger partial charge in [-0.1, -0.05) is 23.2 Å². The third-order valence-electron chi connectivity index (χ3n) is 5.77. The van der Waals surface area contributed by atoms with Crippen molar-refractivity contribution in [3.63, 3.8) is 0 Å². The van der Waals surface area contributed by atoms with E-state index in [2.05, 4.69) is 24.9 Å². The van der Waals surface area contributed by atoms with Crippen molar-refractivity contribution in [1.82, 2.24) is 24.6 Å². The maximum atomic E-state index is 12.9. The molecule has 0 aliphatic carbocycles. The first-order valence-electron chi connectivity index (χ1n) is 10.6. The highest BCUT2D eigenvalue weighted by Crippen LogP contribution is 2.27. The van der Waals surface area contributed by atoms with Crippen molar-refractivity contribution >= 4 is 34.7 Å². The Labute approximate surface area is 198 Å². The quantitative estimate of drug-likeness (QED) is 0.498. The summed E-state index contributed by atoms with van der Waals surface area (Å²) in [5.74, 6) is 0.586. The van der Waals surface area contributed by atoms with E-state index in [4.69, 9.17) is 23.2 Å². The summed E-state index contributed by atoms with van der Waals surface area (Å²) in [5, 5.41) is 5.51. The zero-order chi connectivity index (χ0) is 22.8. The predicted octanol–water partition coefficient (Wildman–Crippen LogP) is 4.29. The molecule has 0 spiro atoms. The van der Waals surface area contributed by atoms with E-state index in [0.717, 1.165) is 55.5 Å². The first-order chi connectivity index (χ1) is 15.3. The molecule has 9 heteroatoms. The third kappa shape index (κ3) is 4.95. The summed E-state index contributed by atoms with van der Waals surface area (Å²) in [6.07, 6.45) is 2.08. The molecule has 3 heterocycles. The number of benzene rings is 1. The van der Waals surface area contributed by atoms with Gasteiger partial charge in [0.05, 0.1) is 27.5 Å². The van der Waals surface area contributed by atoms with E-state index in [1.165, 1.54) is 0 Å². The number of anilines is 1. The molecule has 0 atom stereocenters. The second-order valence-corrected chi connectivity index (χ2v) is 8.92. The molecular weight excluding hydrogens is 447 g/mol. The Kier molecular flexibility index (Phi) is 6.79. The van der Waals surface area contributed by atoms with Crippen LogP contribution in [0.25, 0.3) is 5.95 Å². The second kappa shape index (κ2) is 9.57. The Hall–Kier alpha value is -2.48. The molecule has 0 amide bonds. The second-order valence-electron chi connectivity index (χ2n) is 8.11. The third-order valence-corrected chi connectivity index (χ3v) is 6.50. The summed E-state index contributed by atoms with van der Waals surface area (Å²) in [6.45, 7) is 10.00. The summed E-state index contributed by atoms with van der Waals surface area (Å²) >= 11 is 12.2. The molecule has 0 radical (unpaired) electrons. The Morgan fingerprint density at radius 2 is 1.66 bits per heavy atom. The zero-order valence-electron chi connectivity index (χ0n) is 18.5. The van der Waals surface area contributed by atoms with E-state index in [1.807, 2.05) is 45.0 Å². The van der Waals surface area contributed by atoms with Crippen molar-refractivity contribution in [3.8, 4) is 5.95 Å². The van der Waals surface area contributed by atoms with Gasteiger partial charge in [-0.15, -0.1) is 0 Å². The van der Waals surface area contributed by atoms with Crippen molar-refractivity contribution in [2.24, 2.45) is 0 Å². The van der Waals surface area contributed by atoms with Gasteiger partial charge in [-0.2, -0.15) is 5.10 Å². The van der Waals surface area contributed by atoms with E-state index in [-0.39, 0.29) is 5.78 Å². The normalized spacial score (nSPS) is 14.7. The fourth-order valence-corrected chi connectivity index (χ4v) is 4.29. The lowest BCUT2D eigenvalue weighted by Gasteiger charge is -2.36. The van der Waals surface area contributed by atoms with Crippen LogP contribution in [0, 0.1) is 20.8 Å². The molecule has 0 N–H and O–H groups in total. The van der Waals surface area contributed by atoms with Crippen LogP contribution < -0.4 is 4.90 Å². The lowest BCUT2D eigenvalue weighted by Crippen LogP contribution is -2.46. The Morgan fingerprint density at radius 3 is 2.31 bits per heavy atom. The van der Waals surface area contributed by atoms with E-state index in [1.54, 1.807) is 10.9 Å². The van der Waals surface area contributed by atoms with Crippen molar-refractivity contribution in [1.29, 1.82) is 0 Å². The highest BCUT2D eigenvalue weighted by Gasteiger charge is 2.21. The molecule has 168 valence electrons. The van der Waals surface area contributed by atoms with Crippen molar-refractivity contribution in [2.45, 2.75) is 27.2 Å². The number of nitrogens with zero attached hydrogens (tertiary/aromatic N) is 6. The van der Waals surface area contributed by atoms with Crippen molar-refractivity contribution in [3.05, 3.63) is 63.2 Å². The monoisotopic (exact) mass is 472 g/mol. The number of rotatable bonds is 6. The fourth-order valence-electron chi connectivity index (χ4n) is 3.99. The molecule has 1 aliphatic rings. The number of piperazine rings is 1. The van der Waals surface area contributed by atoms with Gasteiger partial charge in [0.1, 0.15) is 0 Å². The van der Waals surface area contributed by atoms with Crippen LogP contribution in [-0.4, -0.2) is 63.2 Å². The Balaban J connectivity index is 1.34. The highest BCUT2D eigenvalue weighted by atomic mass is 35.5. The summed E-state index contributed by atoms with van der Waals surface area (Å²) in [5.41, 5.74) is 4.21. The van der Waals surface area contributed by atoms with Gasteiger partial charge in [0, 0.05) is 56.2 Å². The fraction of sp³-hybridized carbons (Fsp3) is 0.391. The topological polar surface area (TPSA) is 67.2 Å². The Morgan fingerprint density at radius 1 is 0.969 bits per heavy atom. The molecule has 1 fully saturated rings. The van der Waals surface area contributed by atoms with Crippen molar-refractivity contribution < 1.29 is 4.79 Å².